The second kappa shape index (κ2) is 7.93. The Labute approximate surface area is 139 Å². The van der Waals surface area contributed by atoms with Crippen LogP contribution in [0.15, 0.2) is 24.3 Å². The van der Waals surface area contributed by atoms with E-state index in [1.54, 1.807) is 0 Å². The molecule has 1 fully saturated rings. The number of hydrogen-bond donors (Lipinski definition) is 1. The number of nitrogens with one attached hydrogen (secondary N) is 1. The van der Waals surface area contributed by atoms with Crippen molar-refractivity contribution in [2.75, 3.05) is 13.2 Å². The van der Waals surface area contributed by atoms with Crippen LogP contribution in [-0.4, -0.2) is 31.3 Å². The van der Waals surface area contributed by atoms with Crippen molar-refractivity contribution in [1.29, 1.82) is 0 Å². The average molecular weight is 319 g/mol. The smallest absolute Gasteiger partial charge is 0.251 e. The molecule has 0 aromatic heterocycles. The van der Waals surface area contributed by atoms with Gasteiger partial charge in [0.25, 0.3) is 5.91 Å². The van der Waals surface area contributed by atoms with E-state index in [0.717, 1.165) is 31.6 Å². The van der Waals surface area contributed by atoms with Crippen molar-refractivity contribution in [3.05, 3.63) is 35.4 Å². The van der Waals surface area contributed by atoms with Gasteiger partial charge >= 0.3 is 0 Å². The number of benzene rings is 1. The fourth-order valence-corrected chi connectivity index (χ4v) is 2.41. The highest BCUT2D eigenvalue weighted by Crippen LogP contribution is 2.20. The van der Waals surface area contributed by atoms with Crippen LogP contribution in [-0.2, 0) is 16.1 Å². The summed E-state index contributed by atoms with van der Waals surface area (Å²) in [4.78, 5) is 12.6. The zero-order valence-corrected chi connectivity index (χ0v) is 14.7. The maximum Gasteiger partial charge on any atom is 0.251 e. The van der Waals surface area contributed by atoms with Gasteiger partial charge in [-0.1, -0.05) is 39.0 Å². The Morgan fingerprint density at radius 3 is 2.61 bits per heavy atom. The van der Waals surface area contributed by atoms with Gasteiger partial charge in [-0.2, -0.15) is 0 Å². The molecule has 0 aliphatic carbocycles. The number of carbonyl (C=O) groups is 1. The fourth-order valence-electron chi connectivity index (χ4n) is 2.41. The molecule has 1 aromatic carbocycles. The second-order valence-corrected chi connectivity index (χ2v) is 7.34. The van der Waals surface area contributed by atoms with Crippen LogP contribution in [0.3, 0.4) is 0 Å². The molecular formula is C19H29NO3. The predicted octanol–water partition coefficient (Wildman–Crippen LogP) is 3.55. The molecule has 0 unspecified atom stereocenters. The molecule has 1 aromatic rings. The molecule has 0 spiro atoms. The van der Waals surface area contributed by atoms with E-state index >= 15 is 0 Å². The Balaban J connectivity index is 2.00. The van der Waals surface area contributed by atoms with Gasteiger partial charge in [0.05, 0.1) is 12.7 Å². The van der Waals surface area contributed by atoms with E-state index < -0.39 is 0 Å². The Hall–Kier alpha value is -1.39. The average Bonchev–Trinajstić information content (AvgIpc) is 2.53. The molecule has 4 heteroatoms. The van der Waals surface area contributed by atoms with Gasteiger partial charge in [0.15, 0.2) is 0 Å². The van der Waals surface area contributed by atoms with Crippen LogP contribution in [0.2, 0.25) is 0 Å². The second-order valence-electron chi connectivity index (χ2n) is 7.34. The van der Waals surface area contributed by atoms with E-state index in [9.17, 15) is 4.79 Å². The normalized spacial score (nSPS) is 17.7. The molecule has 1 aliphatic heterocycles. The molecule has 0 bridgehead atoms. The predicted molar refractivity (Wildman–Crippen MR) is 91.5 cm³/mol. The van der Waals surface area contributed by atoms with E-state index in [-0.39, 0.29) is 23.5 Å². The summed E-state index contributed by atoms with van der Waals surface area (Å²) in [6.07, 6.45) is 2.08. The fraction of sp³-hybridized carbons (Fsp3) is 0.632. The molecule has 1 aliphatic rings. The van der Waals surface area contributed by atoms with Gasteiger partial charge < -0.3 is 14.8 Å². The molecule has 1 atom stereocenters. The van der Waals surface area contributed by atoms with E-state index in [1.165, 1.54) is 0 Å². The molecule has 0 saturated carbocycles. The third kappa shape index (κ3) is 5.33. The monoisotopic (exact) mass is 319 g/mol. The quantitative estimate of drug-likeness (QED) is 0.903. The Kier molecular flexibility index (Phi) is 6.19. The summed E-state index contributed by atoms with van der Waals surface area (Å²) >= 11 is 0. The van der Waals surface area contributed by atoms with Crippen LogP contribution >= 0.6 is 0 Å². The van der Waals surface area contributed by atoms with Gasteiger partial charge in [0.1, 0.15) is 0 Å². The summed E-state index contributed by atoms with van der Waals surface area (Å²) in [7, 11) is 0. The number of carbonyl (C=O) groups excluding carboxylic acids is 1. The molecule has 23 heavy (non-hydrogen) atoms. The van der Waals surface area contributed by atoms with Crippen molar-refractivity contribution in [3.63, 3.8) is 0 Å². The zero-order valence-electron chi connectivity index (χ0n) is 14.7. The zero-order chi connectivity index (χ0) is 16.9. The van der Waals surface area contributed by atoms with Crippen LogP contribution in [0.25, 0.3) is 0 Å². The molecular weight excluding hydrogens is 290 g/mol. The van der Waals surface area contributed by atoms with Crippen LogP contribution in [0.1, 0.15) is 56.5 Å². The number of rotatable bonds is 5. The minimum Gasteiger partial charge on any atom is -0.381 e. The van der Waals surface area contributed by atoms with Gasteiger partial charge in [0.2, 0.25) is 0 Å². The largest absolute Gasteiger partial charge is 0.381 e. The molecule has 1 saturated heterocycles. The topological polar surface area (TPSA) is 47.6 Å². The maximum atomic E-state index is 12.6. The van der Waals surface area contributed by atoms with Gasteiger partial charge in [0, 0.05) is 24.8 Å². The first-order valence-electron chi connectivity index (χ1n) is 8.46. The lowest BCUT2D eigenvalue weighted by molar-refractivity contribution is -0.0392. The van der Waals surface area contributed by atoms with Crippen LogP contribution in [0.5, 0.6) is 0 Å². The SMILES string of the molecule is C[C@@H](NC(=O)c1ccccc1COC1CCOCC1)C(C)(C)C. The lowest BCUT2D eigenvalue weighted by atomic mass is 9.88. The van der Waals surface area contributed by atoms with Crippen molar-refractivity contribution in [3.8, 4) is 0 Å². The lowest BCUT2D eigenvalue weighted by Gasteiger charge is -2.28. The highest BCUT2D eigenvalue weighted by Gasteiger charge is 2.23. The van der Waals surface area contributed by atoms with Crippen LogP contribution in [0, 0.1) is 5.41 Å². The summed E-state index contributed by atoms with van der Waals surface area (Å²) < 4.78 is 11.3. The Morgan fingerprint density at radius 2 is 1.96 bits per heavy atom. The highest BCUT2D eigenvalue weighted by molar-refractivity contribution is 5.95. The van der Waals surface area contributed by atoms with E-state index in [4.69, 9.17) is 9.47 Å². The van der Waals surface area contributed by atoms with E-state index in [0.29, 0.717) is 12.2 Å². The third-order valence-corrected chi connectivity index (χ3v) is 4.55. The molecule has 0 radical (unpaired) electrons. The summed E-state index contributed by atoms with van der Waals surface area (Å²) in [5.41, 5.74) is 1.68. The first kappa shape index (κ1) is 18.0. The van der Waals surface area contributed by atoms with Crippen molar-refractivity contribution in [2.45, 2.75) is 59.3 Å². The number of hydrogen-bond acceptors (Lipinski definition) is 3. The van der Waals surface area contributed by atoms with E-state index in [2.05, 4.69) is 26.1 Å². The van der Waals surface area contributed by atoms with Gasteiger partial charge in [-0.15, -0.1) is 0 Å². The van der Waals surface area contributed by atoms with Gasteiger partial charge in [-0.3, -0.25) is 4.79 Å². The number of amides is 1. The summed E-state index contributed by atoms with van der Waals surface area (Å²) in [6.45, 7) is 10.4. The first-order valence-corrected chi connectivity index (χ1v) is 8.46. The van der Waals surface area contributed by atoms with Gasteiger partial charge in [-0.05, 0) is 36.8 Å². The summed E-state index contributed by atoms with van der Waals surface area (Å²) in [6, 6.07) is 7.78. The van der Waals surface area contributed by atoms with Crippen LogP contribution in [0.4, 0.5) is 0 Å². The molecule has 2 rings (SSSR count). The first-order chi connectivity index (χ1) is 10.9. The summed E-state index contributed by atoms with van der Waals surface area (Å²) in [5, 5.41) is 3.10. The van der Waals surface area contributed by atoms with Crippen molar-refractivity contribution < 1.29 is 14.3 Å². The van der Waals surface area contributed by atoms with Crippen molar-refractivity contribution in [2.24, 2.45) is 5.41 Å². The molecule has 1 heterocycles. The standard InChI is InChI=1S/C19H29NO3/c1-14(19(2,3)4)20-18(21)17-8-6-5-7-15(17)13-23-16-9-11-22-12-10-16/h5-8,14,16H,9-13H2,1-4H3,(H,20,21)/t14-/m1/s1. The van der Waals surface area contributed by atoms with Crippen LogP contribution < -0.4 is 5.32 Å². The molecule has 128 valence electrons. The Bertz CT molecular complexity index is 516. The third-order valence-electron chi connectivity index (χ3n) is 4.55. The van der Waals surface area contributed by atoms with E-state index in [1.807, 2.05) is 31.2 Å². The van der Waals surface area contributed by atoms with Crippen molar-refractivity contribution in [1.82, 2.24) is 5.32 Å². The number of ether oxygens (including phenoxy) is 2. The minimum absolute atomic E-state index is 0.0291. The Morgan fingerprint density at radius 1 is 1.30 bits per heavy atom. The van der Waals surface area contributed by atoms with Gasteiger partial charge in [-0.25, -0.2) is 0 Å². The highest BCUT2D eigenvalue weighted by atomic mass is 16.5. The maximum absolute atomic E-state index is 12.6. The molecule has 1 amide bonds. The minimum atomic E-state index is -0.0291. The molecule has 1 N–H and O–H groups in total. The molecule has 4 nitrogen and oxygen atoms in total. The lowest BCUT2D eigenvalue weighted by Crippen LogP contribution is -2.41. The summed E-state index contributed by atoms with van der Waals surface area (Å²) in [5.74, 6) is -0.0291. The van der Waals surface area contributed by atoms with Crippen molar-refractivity contribution >= 4 is 5.91 Å².